The van der Waals surface area contributed by atoms with Crippen LogP contribution >= 0.6 is 0 Å². The summed E-state index contributed by atoms with van der Waals surface area (Å²) in [5.41, 5.74) is -0.620. The minimum Gasteiger partial charge on any atom is -0.399 e. The first kappa shape index (κ1) is 17.4. The molecule has 1 aliphatic heterocycles. The molecule has 0 spiro atoms. The molecule has 124 valence electrons. The third kappa shape index (κ3) is 3.38. The maximum atomic E-state index is 12.0. The average Bonchev–Trinajstić information content (AvgIpc) is 2.67. The van der Waals surface area contributed by atoms with Crippen LogP contribution in [0.25, 0.3) is 0 Å². The molecule has 0 unspecified atom stereocenters. The van der Waals surface area contributed by atoms with Crippen molar-refractivity contribution in [3.63, 3.8) is 0 Å². The molecule has 8 heteroatoms. The molecule has 1 aromatic rings. The molecule has 1 aliphatic rings. The van der Waals surface area contributed by atoms with E-state index in [0.717, 1.165) is 0 Å². The molecule has 1 fully saturated rings. The van der Waals surface area contributed by atoms with Gasteiger partial charge in [-0.25, -0.2) is 0 Å². The average molecular weight is 320 g/mol. The van der Waals surface area contributed by atoms with E-state index in [1.165, 1.54) is 12.1 Å². The number of carbonyl (C=O) groups excluding carboxylic acids is 1. The number of benzene rings is 1. The van der Waals surface area contributed by atoms with Crippen molar-refractivity contribution in [3.05, 3.63) is 33.9 Å². The van der Waals surface area contributed by atoms with Crippen LogP contribution in [0.4, 0.5) is 5.69 Å². The van der Waals surface area contributed by atoms with Crippen LogP contribution in [-0.2, 0) is 9.31 Å². The maximum absolute atomic E-state index is 12.0. The number of hydrogen-bond acceptors (Lipinski definition) is 5. The van der Waals surface area contributed by atoms with Crippen molar-refractivity contribution in [2.24, 2.45) is 0 Å². The number of carbonyl (C=O) groups is 1. The quantitative estimate of drug-likeness (QED) is 0.517. The maximum Gasteiger partial charge on any atom is 0.495 e. The van der Waals surface area contributed by atoms with E-state index >= 15 is 0 Å². The molecular formula is C15H21BN2O5. The Balaban J connectivity index is 2.43. The highest BCUT2D eigenvalue weighted by Gasteiger charge is 2.52. The van der Waals surface area contributed by atoms with E-state index in [0.29, 0.717) is 12.0 Å². The summed E-state index contributed by atoms with van der Waals surface area (Å²) in [4.78, 5) is 22.6. The number of nitro benzene ring substituents is 1. The summed E-state index contributed by atoms with van der Waals surface area (Å²) < 4.78 is 11.8. The minimum absolute atomic E-state index is 0.168. The Morgan fingerprint density at radius 1 is 1.22 bits per heavy atom. The molecule has 7 nitrogen and oxygen atoms in total. The normalized spacial score (nSPS) is 18.7. The topological polar surface area (TPSA) is 90.7 Å². The van der Waals surface area contributed by atoms with E-state index in [1.807, 2.05) is 27.7 Å². The lowest BCUT2D eigenvalue weighted by Gasteiger charge is -2.32. The Morgan fingerprint density at radius 2 is 1.78 bits per heavy atom. The number of nitro groups is 1. The van der Waals surface area contributed by atoms with Crippen molar-refractivity contribution < 1.29 is 19.0 Å². The van der Waals surface area contributed by atoms with Crippen molar-refractivity contribution in [2.75, 3.05) is 6.54 Å². The summed E-state index contributed by atoms with van der Waals surface area (Å²) in [6, 6.07) is 4.20. The molecule has 0 saturated carbocycles. The van der Waals surface area contributed by atoms with Crippen LogP contribution in [-0.4, -0.2) is 35.7 Å². The molecule has 0 aromatic heterocycles. The molecule has 1 N–H and O–H groups in total. The third-order valence-electron chi connectivity index (χ3n) is 4.28. The van der Waals surface area contributed by atoms with Gasteiger partial charge in [-0.1, -0.05) is 0 Å². The van der Waals surface area contributed by atoms with Crippen LogP contribution < -0.4 is 10.8 Å². The van der Waals surface area contributed by atoms with E-state index in [-0.39, 0.29) is 17.2 Å². The van der Waals surface area contributed by atoms with Gasteiger partial charge in [0.1, 0.15) is 0 Å². The van der Waals surface area contributed by atoms with Gasteiger partial charge in [0.15, 0.2) is 0 Å². The SMILES string of the molecule is CCNC(=O)c1cc(B2OC(C)(C)C(C)(C)O2)cc([N+](=O)[O-])c1. The van der Waals surface area contributed by atoms with Gasteiger partial charge in [0.05, 0.1) is 16.1 Å². The van der Waals surface area contributed by atoms with Crippen LogP contribution in [0.15, 0.2) is 18.2 Å². The number of rotatable bonds is 4. The van der Waals surface area contributed by atoms with Crippen molar-refractivity contribution in [1.82, 2.24) is 5.32 Å². The Kier molecular flexibility index (Phi) is 4.50. The molecule has 1 saturated heterocycles. The van der Waals surface area contributed by atoms with Gasteiger partial charge in [0, 0.05) is 24.2 Å². The highest BCUT2D eigenvalue weighted by Crippen LogP contribution is 2.36. The van der Waals surface area contributed by atoms with Crippen LogP contribution in [0.3, 0.4) is 0 Å². The molecule has 1 heterocycles. The van der Waals surface area contributed by atoms with E-state index in [9.17, 15) is 14.9 Å². The van der Waals surface area contributed by atoms with Gasteiger partial charge in [-0.05, 0) is 46.1 Å². The Morgan fingerprint density at radius 3 is 2.26 bits per heavy atom. The van der Waals surface area contributed by atoms with Crippen LogP contribution in [0.1, 0.15) is 45.0 Å². The zero-order chi connectivity index (χ0) is 17.4. The number of amides is 1. The summed E-state index contributed by atoms with van der Waals surface area (Å²) >= 11 is 0. The molecule has 2 rings (SSSR count). The van der Waals surface area contributed by atoms with Crippen molar-refractivity contribution in [1.29, 1.82) is 0 Å². The minimum atomic E-state index is -0.756. The van der Waals surface area contributed by atoms with Crippen LogP contribution in [0, 0.1) is 10.1 Å². The van der Waals surface area contributed by atoms with Crippen molar-refractivity contribution in [2.45, 2.75) is 45.8 Å². The molecule has 0 atom stereocenters. The second-order valence-electron chi connectivity index (χ2n) is 6.52. The molecule has 0 aliphatic carbocycles. The van der Waals surface area contributed by atoms with E-state index in [4.69, 9.17) is 9.31 Å². The summed E-state index contributed by atoms with van der Waals surface area (Å²) in [5, 5.41) is 13.8. The third-order valence-corrected chi connectivity index (χ3v) is 4.28. The first-order valence-electron chi connectivity index (χ1n) is 7.50. The van der Waals surface area contributed by atoms with E-state index in [1.54, 1.807) is 13.0 Å². The van der Waals surface area contributed by atoms with Crippen molar-refractivity contribution in [3.8, 4) is 0 Å². The summed E-state index contributed by atoms with van der Waals surface area (Å²) in [6.45, 7) is 9.81. The number of nitrogens with zero attached hydrogens (tertiary/aromatic N) is 1. The summed E-state index contributed by atoms with van der Waals surface area (Å²) in [5.74, 6) is -0.367. The zero-order valence-corrected chi connectivity index (χ0v) is 14.0. The Hall–Kier alpha value is -1.93. The molecule has 0 bridgehead atoms. The highest BCUT2D eigenvalue weighted by atomic mass is 16.7. The number of hydrogen-bond donors (Lipinski definition) is 1. The largest absolute Gasteiger partial charge is 0.495 e. The molecule has 23 heavy (non-hydrogen) atoms. The smallest absolute Gasteiger partial charge is 0.399 e. The van der Waals surface area contributed by atoms with E-state index in [2.05, 4.69) is 5.32 Å². The highest BCUT2D eigenvalue weighted by molar-refractivity contribution is 6.62. The van der Waals surface area contributed by atoms with Gasteiger partial charge in [0.2, 0.25) is 0 Å². The second-order valence-corrected chi connectivity index (χ2v) is 6.52. The molecule has 0 radical (unpaired) electrons. The first-order valence-corrected chi connectivity index (χ1v) is 7.50. The predicted octanol–water partition coefficient (Wildman–Crippen LogP) is 1.64. The van der Waals surface area contributed by atoms with Gasteiger partial charge < -0.3 is 14.6 Å². The summed E-state index contributed by atoms with van der Waals surface area (Å²) in [7, 11) is -0.756. The fourth-order valence-electron chi connectivity index (χ4n) is 2.25. The lowest BCUT2D eigenvalue weighted by Crippen LogP contribution is -2.41. The fourth-order valence-corrected chi connectivity index (χ4v) is 2.25. The second kappa shape index (κ2) is 5.94. The predicted molar refractivity (Wildman–Crippen MR) is 86.8 cm³/mol. The van der Waals surface area contributed by atoms with Gasteiger partial charge in [-0.2, -0.15) is 0 Å². The zero-order valence-electron chi connectivity index (χ0n) is 14.0. The van der Waals surface area contributed by atoms with Crippen molar-refractivity contribution >= 4 is 24.2 Å². The Labute approximate surface area is 135 Å². The van der Waals surface area contributed by atoms with Gasteiger partial charge in [-0.15, -0.1) is 0 Å². The lowest BCUT2D eigenvalue weighted by atomic mass is 9.78. The van der Waals surface area contributed by atoms with Gasteiger partial charge in [0.25, 0.3) is 11.6 Å². The number of non-ortho nitro benzene ring substituents is 1. The monoisotopic (exact) mass is 320 g/mol. The van der Waals surface area contributed by atoms with Gasteiger partial charge >= 0.3 is 7.12 Å². The molecular weight excluding hydrogens is 299 g/mol. The Bertz CT molecular complexity index is 629. The standard InChI is InChI=1S/C15H21BN2O5/c1-6-17-13(19)10-7-11(9-12(8-10)18(20)21)16-22-14(2,3)15(4,5)23-16/h7-9H,6H2,1-5H3,(H,17,19). The summed E-state index contributed by atoms with van der Waals surface area (Å²) in [6.07, 6.45) is 0. The van der Waals surface area contributed by atoms with Gasteiger partial charge in [-0.3, -0.25) is 14.9 Å². The first-order chi connectivity index (χ1) is 10.6. The van der Waals surface area contributed by atoms with Crippen LogP contribution in [0.5, 0.6) is 0 Å². The van der Waals surface area contributed by atoms with Crippen LogP contribution in [0.2, 0.25) is 0 Å². The molecule has 1 aromatic carbocycles. The lowest BCUT2D eigenvalue weighted by molar-refractivity contribution is -0.384. The molecule has 1 amide bonds. The number of nitrogens with one attached hydrogen (secondary N) is 1. The van der Waals surface area contributed by atoms with E-state index < -0.39 is 23.2 Å². The fraction of sp³-hybridized carbons (Fsp3) is 0.533.